The number of aromatic nitrogens is 2. The Bertz CT molecular complexity index is 623. The third kappa shape index (κ3) is 2.24. The number of ether oxygens (including phenoxy) is 1. The van der Waals surface area contributed by atoms with Gasteiger partial charge < -0.3 is 14.1 Å². The molecule has 0 aromatic carbocycles. The summed E-state index contributed by atoms with van der Waals surface area (Å²) in [6, 6.07) is 0.556. The van der Waals surface area contributed by atoms with Crippen molar-refractivity contribution in [1.82, 2.24) is 10.2 Å². The summed E-state index contributed by atoms with van der Waals surface area (Å²) < 4.78 is 36.1. The Morgan fingerprint density at radius 3 is 2.62 bits per heavy atom. The summed E-state index contributed by atoms with van der Waals surface area (Å²) in [5.74, 6) is 0. The molecule has 3 aliphatic rings. The van der Waals surface area contributed by atoms with Gasteiger partial charge >= 0.3 is 11.2 Å². The van der Waals surface area contributed by atoms with E-state index in [9.17, 15) is 8.42 Å². The number of sulfone groups is 1. The van der Waals surface area contributed by atoms with Crippen LogP contribution in [0.4, 0.5) is 6.01 Å². The van der Waals surface area contributed by atoms with E-state index in [0.29, 0.717) is 32.0 Å². The molecule has 7 nitrogen and oxygen atoms in total. The van der Waals surface area contributed by atoms with Crippen LogP contribution in [0.5, 0.6) is 0 Å². The Hall–Kier alpha value is -1.15. The van der Waals surface area contributed by atoms with Crippen molar-refractivity contribution in [2.24, 2.45) is 0 Å². The number of nitrogens with zero attached hydrogens (tertiary/aromatic N) is 3. The minimum Gasteiger partial charge on any atom is -0.394 e. The molecular formula is C13H19N3O4S. The Labute approximate surface area is 123 Å². The molecule has 1 saturated carbocycles. The van der Waals surface area contributed by atoms with Crippen LogP contribution in [-0.2, 0) is 14.6 Å². The fraction of sp³-hybridized carbons (Fsp3) is 0.846. The molecule has 1 aromatic rings. The fourth-order valence-electron chi connectivity index (χ4n) is 3.59. The Kier molecular flexibility index (Phi) is 3.18. The number of fused-ring (bicyclic) bond motifs is 2. The third-order valence-corrected chi connectivity index (χ3v) is 6.78. The van der Waals surface area contributed by atoms with Crippen LogP contribution in [0.1, 0.15) is 38.5 Å². The maximum Gasteiger partial charge on any atom is 0.337 e. The van der Waals surface area contributed by atoms with Gasteiger partial charge in [-0.1, -0.05) is 29.5 Å². The number of anilines is 1. The molecule has 0 radical (unpaired) electrons. The second kappa shape index (κ2) is 4.95. The summed E-state index contributed by atoms with van der Waals surface area (Å²) in [6.07, 6.45) is 5.58. The van der Waals surface area contributed by atoms with E-state index in [-0.39, 0.29) is 22.6 Å². The van der Waals surface area contributed by atoms with Crippen LogP contribution in [0.2, 0.25) is 0 Å². The van der Waals surface area contributed by atoms with Crippen LogP contribution >= 0.6 is 0 Å². The highest BCUT2D eigenvalue weighted by Gasteiger charge is 2.42. The van der Waals surface area contributed by atoms with Crippen molar-refractivity contribution >= 4 is 15.9 Å². The summed E-state index contributed by atoms with van der Waals surface area (Å²) in [4.78, 5) is 1.97. The van der Waals surface area contributed by atoms with Gasteiger partial charge in [-0.2, -0.15) is 0 Å². The first-order valence-electron chi connectivity index (χ1n) is 7.60. The second-order valence-electron chi connectivity index (χ2n) is 6.15. The summed E-state index contributed by atoms with van der Waals surface area (Å²) in [7, 11) is -3.48. The van der Waals surface area contributed by atoms with Crippen molar-refractivity contribution in [3.05, 3.63) is 0 Å². The molecule has 21 heavy (non-hydrogen) atoms. The molecule has 0 spiro atoms. The average Bonchev–Trinajstić information content (AvgIpc) is 3.24. The number of hydrogen-bond acceptors (Lipinski definition) is 7. The summed E-state index contributed by atoms with van der Waals surface area (Å²) >= 11 is 0. The van der Waals surface area contributed by atoms with Crippen molar-refractivity contribution in [3.8, 4) is 0 Å². The topological polar surface area (TPSA) is 85.5 Å². The summed E-state index contributed by atoms with van der Waals surface area (Å²) in [5.41, 5.74) is 0. The van der Waals surface area contributed by atoms with Crippen molar-refractivity contribution in [2.45, 2.75) is 61.1 Å². The lowest BCUT2D eigenvalue weighted by molar-refractivity contribution is 0.0972. The van der Waals surface area contributed by atoms with E-state index in [1.807, 2.05) is 4.90 Å². The summed E-state index contributed by atoms with van der Waals surface area (Å²) in [5, 5.41) is 7.18. The first-order chi connectivity index (χ1) is 10.1. The Morgan fingerprint density at radius 2 is 1.95 bits per heavy atom. The van der Waals surface area contributed by atoms with Gasteiger partial charge in [-0.15, -0.1) is 0 Å². The standard InChI is InChI=1S/C13H19N3O4S/c17-21(18,11-4-2-1-3-5-11)13-15-14-12(20-13)16-7-10-6-9(16)8-19-10/h9-11H,1-8H2. The average molecular weight is 313 g/mol. The molecule has 2 bridgehead atoms. The molecule has 2 saturated heterocycles. The lowest BCUT2D eigenvalue weighted by Crippen LogP contribution is -2.37. The summed E-state index contributed by atoms with van der Waals surface area (Å²) in [6.45, 7) is 1.35. The zero-order valence-corrected chi connectivity index (χ0v) is 12.6. The highest BCUT2D eigenvalue weighted by Crippen LogP contribution is 2.33. The van der Waals surface area contributed by atoms with E-state index in [1.165, 1.54) is 0 Å². The van der Waals surface area contributed by atoms with Gasteiger partial charge in [0.05, 0.1) is 24.0 Å². The van der Waals surface area contributed by atoms with E-state index >= 15 is 0 Å². The first-order valence-corrected chi connectivity index (χ1v) is 9.15. The fourth-order valence-corrected chi connectivity index (χ4v) is 5.17. The van der Waals surface area contributed by atoms with Crippen LogP contribution in [0, 0.1) is 0 Å². The Balaban J connectivity index is 1.56. The van der Waals surface area contributed by atoms with Gasteiger partial charge in [0.2, 0.25) is 9.84 Å². The van der Waals surface area contributed by atoms with E-state index in [4.69, 9.17) is 9.15 Å². The molecule has 0 N–H and O–H groups in total. The lowest BCUT2D eigenvalue weighted by Gasteiger charge is -2.24. The van der Waals surface area contributed by atoms with Crippen molar-refractivity contribution < 1.29 is 17.6 Å². The van der Waals surface area contributed by atoms with Gasteiger partial charge in [0.1, 0.15) is 0 Å². The molecule has 8 heteroatoms. The zero-order valence-electron chi connectivity index (χ0n) is 11.8. The van der Waals surface area contributed by atoms with E-state index < -0.39 is 9.84 Å². The number of hydrogen-bond donors (Lipinski definition) is 0. The molecular weight excluding hydrogens is 294 g/mol. The molecule has 2 atom stereocenters. The van der Waals surface area contributed by atoms with Crippen LogP contribution in [0.3, 0.4) is 0 Å². The SMILES string of the molecule is O=S(=O)(c1nnc(N2CC3CC2CO3)o1)C1CCCCC1. The van der Waals surface area contributed by atoms with Crippen LogP contribution in [-0.4, -0.2) is 49.2 Å². The highest BCUT2D eigenvalue weighted by atomic mass is 32.2. The molecule has 4 rings (SSSR count). The van der Waals surface area contributed by atoms with Crippen LogP contribution in [0.25, 0.3) is 0 Å². The Morgan fingerprint density at radius 1 is 1.14 bits per heavy atom. The molecule has 1 aromatic heterocycles. The largest absolute Gasteiger partial charge is 0.394 e. The van der Waals surface area contributed by atoms with Gasteiger partial charge in [0.25, 0.3) is 0 Å². The normalized spacial score (nSPS) is 30.2. The van der Waals surface area contributed by atoms with E-state index in [2.05, 4.69) is 10.2 Å². The van der Waals surface area contributed by atoms with E-state index in [0.717, 1.165) is 25.7 Å². The third-order valence-electron chi connectivity index (χ3n) is 4.78. The van der Waals surface area contributed by atoms with Crippen LogP contribution < -0.4 is 4.90 Å². The molecule has 116 valence electrons. The zero-order chi connectivity index (χ0) is 14.4. The molecule has 3 heterocycles. The molecule has 0 amide bonds. The number of rotatable bonds is 3. The molecule has 1 aliphatic carbocycles. The highest BCUT2D eigenvalue weighted by molar-refractivity contribution is 7.91. The first kappa shape index (κ1) is 13.5. The minimum absolute atomic E-state index is 0.209. The molecule has 3 fully saturated rings. The van der Waals surface area contributed by atoms with Gasteiger partial charge in [0, 0.05) is 6.54 Å². The smallest absolute Gasteiger partial charge is 0.337 e. The predicted molar refractivity (Wildman–Crippen MR) is 73.8 cm³/mol. The maximum atomic E-state index is 12.5. The monoisotopic (exact) mass is 313 g/mol. The van der Waals surface area contributed by atoms with Crippen molar-refractivity contribution in [2.75, 3.05) is 18.1 Å². The minimum atomic E-state index is -3.48. The van der Waals surface area contributed by atoms with E-state index in [1.54, 1.807) is 0 Å². The van der Waals surface area contributed by atoms with Crippen molar-refractivity contribution in [1.29, 1.82) is 0 Å². The lowest BCUT2D eigenvalue weighted by atomic mass is 10.0. The predicted octanol–water partition coefficient (Wildman–Crippen LogP) is 1.15. The van der Waals surface area contributed by atoms with Gasteiger partial charge in [-0.05, 0) is 19.3 Å². The van der Waals surface area contributed by atoms with Crippen molar-refractivity contribution in [3.63, 3.8) is 0 Å². The molecule has 2 aliphatic heterocycles. The molecule has 2 unspecified atom stereocenters. The van der Waals surface area contributed by atoms with Gasteiger partial charge in [0.15, 0.2) is 0 Å². The quantitative estimate of drug-likeness (QED) is 0.827. The number of morpholine rings is 1. The maximum absolute atomic E-state index is 12.5. The second-order valence-corrected chi connectivity index (χ2v) is 8.26. The van der Waals surface area contributed by atoms with Crippen LogP contribution in [0.15, 0.2) is 9.64 Å². The van der Waals surface area contributed by atoms with Gasteiger partial charge in [-0.3, -0.25) is 0 Å². The van der Waals surface area contributed by atoms with Gasteiger partial charge in [-0.25, -0.2) is 8.42 Å².